The molecule has 0 aliphatic heterocycles. The zero-order valence-electron chi connectivity index (χ0n) is 11.5. The van der Waals surface area contributed by atoms with Crippen LogP contribution in [0.4, 0.5) is 0 Å². The maximum atomic E-state index is 9.37. The molecule has 5 heteroatoms. The van der Waals surface area contributed by atoms with E-state index in [2.05, 4.69) is 11.2 Å². The average Bonchev–Trinajstić information content (AvgIpc) is 3.10. The molecular weight excluding hydrogens is 305 g/mol. The third-order valence-corrected chi connectivity index (χ3v) is 4.65. The van der Waals surface area contributed by atoms with E-state index in [4.69, 9.17) is 23.2 Å². The highest BCUT2D eigenvalue weighted by atomic mass is 35.5. The van der Waals surface area contributed by atoms with E-state index in [1.54, 1.807) is 4.68 Å². The lowest BCUT2D eigenvalue weighted by atomic mass is 10.0. The summed E-state index contributed by atoms with van der Waals surface area (Å²) < 4.78 is 1.72. The second-order valence-corrected chi connectivity index (χ2v) is 6.22. The first kappa shape index (κ1) is 14.4. The van der Waals surface area contributed by atoms with E-state index in [1.807, 2.05) is 24.3 Å². The Kier molecular flexibility index (Phi) is 4.19. The Labute approximate surface area is 134 Å². The fraction of sp³-hybridized carbons (Fsp3) is 0.375. The standard InChI is InChI=1S/C16H15Cl2N3/c17-13-7-5-11(6-8-13)10-21-16(18)14(9-19)15(20-21)12-3-1-2-4-12/h5-8,12H,1-4,10H2. The van der Waals surface area contributed by atoms with Crippen LogP contribution in [0.5, 0.6) is 0 Å². The van der Waals surface area contributed by atoms with Gasteiger partial charge in [-0.15, -0.1) is 0 Å². The van der Waals surface area contributed by atoms with Gasteiger partial charge in [-0.2, -0.15) is 10.4 Å². The maximum absolute atomic E-state index is 9.37. The second-order valence-electron chi connectivity index (χ2n) is 5.43. The van der Waals surface area contributed by atoms with Crippen molar-refractivity contribution >= 4 is 23.2 Å². The summed E-state index contributed by atoms with van der Waals surface area (Å²) in [4.78, 5) is 0. The van der Waals surface area contributed by atoms with Crippen molar-refractivity contribution < 1.29 is 0 Å². The van der Waals surface area contributed by atoms with Crippen LogP contribution >= 0.6 is 23.2 Å². The predicted molar refractivity (Wildman–Crippen MR) is 83.7 cm³/mol. The molecule has 2 aromatic rings. The van der Waals surface area contributed by atoms with Gasteiger partial charge in [-0.1, -0.05) is 48.2 Å². The van der Waals surface area contributed by atoms with Crippen LogP contribution in [0.2, 0.25) is 10.2 Å². The molecule has 1 heterocycles. The molecule has 1 aromatic heterocycles. The number of nitrogens with zero attached hydrogens (tertiary/aromatic N) is 3. The lowest BCUT2D eigenvalue weighted by Gasteiger charge is -2.05. The van der Waals surface area contributed by atoms with E-state index in [0.717, 1.165) is 24.1 Å². The smallest absolute Gasteiger partial charge is 0.145 e. The topological polar surface area (TPSA) is 41.6 Å². The number of nitriles is 1. The van der Waals surface area contributed by atoms with E-state index >= 15 is 0 Å². The van der Waals surface area contributed by atoms with Crippen molar-refractivity contribution in [1.29, 1.82) is 5.26 Å². The van der Waals surface area contributed by atoms with Gasteiger partial charge >= 0.3 is 0 Å². The fourth-order valence-corrected chi connectivity index (χ4v) is 3.28. The van der Waals surface area contributed by atoms with Crippen molar-refractivity contribution in [3.63, 3.8) is 0 Å². The first-order chi connectivity index (χ1) is 10.2. The van der Waals surface area contributed by atoms with E-state index < -0.39 is 0 Å². The number of aromatic nitrogens is 2. The van der Waals surface area contributed by atoms with Crippen LogP contribution in [0, 0.1) is 11.3 Å². The molecular formula is C16H15Cl2N3. The second kappa shape index (κ2) is 6.09. The van der Waals surface area contributed by atoms with E-state index in [1.165, 1.54) is 12.8 Å². The predicted octanol–water partition coefficient (Wildman–Crippen LogP) is 4.77. The molecule has 0 saturated heterocycles. The summed E-state index contributed by atoms with van der Waals surface area (Å²) in [5, 5.41) is 15.1. The van der Waals surface area contributed by atoms with Crippen LogP contribution < -0.4 is 0 Å². The van der Waals surface area contributed by atoms with Crippen LogP contribution in [0.3, 0.4) is 0 Å². The summed E-state index contributed by atoms with van der Waals surface area (Å²) in [6, 6.07) is 9.80. The molecule has 0 atom stereocenters. The van der Waals surface area contributed by atoms with Crippen molar-refractivity contribution in [2.45, 2.75) is 38.1 Å². The van der Waals surface area contributed by atoms with Crippen LogP contribution in [0.25, 0.3) is 0 Å². The monoisotopic (exact) mass is 319 g/mol. The van der Waals surface area contributed by atoms with Crippen LogP contribution in [-0.2, 0) is 6.54 Å². The van der Waals surface area contributed by atoms with Gasteiger partial charge < -0.3 is 0 Å². The Morgan fingerprint density at radius 1 is 1.19 bits per heavy atom. The van der Waals surface area contributed by atoms with E-state index in [0.29, 0.717) is 28.2 Å². The molecule has 108 valence electrons. The molecule has 0 unspecified atom stereocenters. The van der Waals surface area contributed by atoms with E-state index in [9.17, 15) is 5.26 Å². The highest BCUT2D eigenvalue weighted by Crippen LogP contribution is 2.37. The summed E-state index contributed by atoms with van der Waals surface area (Å²) >= 11 is 12.2. The van der Waals surface area contributed by atoms with Gasteiger partial charge in [0.15, 0.2) is 0 Å². The Morgan fingerprint density at radius 2 is 1.86 bits per heavy atom. The highest BCUT2D eigenvalue weighted by Gasteiger charge is 2.26. The summed E-state index contributed by atoms with van der Waals surface area (Å²) in [5.74, 6) is 0.378. The lowest BCUT2D eigenvalue weighted by molar-refractivity contribution is 0.629. The first-order valence-corrected chi connectivity index (χ1v) is 7.85. The van der Waals surface area contributed by atoms with Crippen molar-refractivity contribution in [2.75, 3.05) is 0 Å². The highest BCUT2D eigenvalue weighted by molar-refractivity contribution is 6.31. The molecule has 0 bridgehead atoms. The lowest BCUT2D eigenvalue weighted by Crippen LogP contribution is -2.03. The summed E-state index contributed by atoms with van der Waals surface area (Å²) in [6.07, 6.45) is 4.61. The molecule has 0 N–H and O–H groups in total. The minimum absolute atomic E-state index is 0.378. The molecule has 1 aliphatic carbocycles. The van der Waals surface area contributed by atoms with E-state index in [-0.39, 0.29) is 0 Å². The van der Waals surface area contributed by atoms with Gasteiger partial charge in [0.2, 0.25) is 0 Å². The molecule has 21 heavy (non-hydrogen) atoms. The van der Waals surface area contributed by atoms with Crippen molar-refractivity contribution in [3.8, 4) is 6.07 Å². The van der Waals surface area contributed by atoms with Gasteiger partial charge in [-0.3, -0.25) is 0 Å². The molecule has 1 aliphatic rings. The summed E-state index contributed by atoms with van der Waals surface area (Å²) in [7, 11) is 0. The van der Waals surface area contributed by atoms with Gasteiger partial charge in [-0.25, -0.2) is 4.68 Å². The minimum atomic E-state index is 0.378. The van der Waals surface area contributed by atoms with Gasteiger partial charge in [-0.05, 0) is 30.5 Å². The van der Waals surface area contributed by atoms with Crippen molar-refractivity contribution in [2.24, 2.45) is 0 Å². The molecule has 0 radical (unpaired) electrons. The molecule has 0 amide bonds. The third-order valence-electron chi connectivity index (χ3n) is 4.02. The van der Waals surface area contributed by atoms with Crippen LogP contribution in [-0.4, -0.2) is 9.78 Å². The van der Waals surface area contributed by atoms with Crippen LogP contribution in [0.15, 0.2) is 24.3 Å². The number of hydrogen-bond donors (Lipinski definition) is 0. The molecule has 1 fully saturated rings. The Bertz CT molecular complexity index is 677. The Balaban J connectivity index is 1.92. The number of hydrogen-bond acceptors (Lipinski definition) is 2. The number of rotatable bonds is 3. The normalized spacial score (nSPS) is 15.3. The van der Waals surface area contributed by atoms with Gasteiger partial charge in [0.05, 0.1) is 12.2 Å². The summed E-state index contributed by atoms with van der Waals surface area (Å²) in [5.41, 5.74) is 2.47. The quantitative estimate of drug-likeness (QED) is 0.817. The maximum Gasteiger partial charge on any atom is 0.145 e. The van der Waals surface area contributed by atoms with Crippen molar-refractivity contribution in [3.05, 3.63) is 51.3 Å². The minimum Gasteiger partial charge on any atom is -0.248 e. The summed E-state index contributed by atoms with van der Waals surface area (Å²) in [6.45, 7) is 0.553. The van der Waals surface area contributed by atoms with Gasteiger partial charge in [0.1, 0.15) is 16.8 Å². The average molecular weight is 320 g/mol. The van der Waals surface area contributed by atoms with Crippen molar-refractivity contribution in [1.82, 2.24) is 9.78 Å². The zero-order valence-corrected chi connectivity index (χ0v) is 13.0. The molecule has 1 aromatic carbocycles. The zero-order chi connectivity index (χ0) is 14.8. The Morgan fingerprint density at radius 3 is 2.48 bits per heavy atom. The van der Waals surface area contributed by atoms with Gasteiger partial charge in [0.25, 0.3) is 0 Å². The fourth-order valence-electron chi connectivity index (χ4n) is 2.91. The SMILES string of the molecule is N#Cc1c(C2CCCC2)nn(Cc2ccc(Cl)cc2)c1Cl. The first-order valence-electron chi connectivity index (χ1n) is 7.10. The number of halogens is 2. The van der Waals surface area contributed by atoms with Crippen LogP contribution in [0.1, 0.15) is 48.4 Å². The number of benzene rings is 1. The largest absolute Gasteiger partial charge is 0.248 e. The van der Waals surface area contributed by atoms with Gasteiger partial charge in [0, 0.05) is 10.9 Å². The molecule has 1 saturated carbocycles. The third kappa shape index (κ3) is 2.92. The molecule has 0 spiro atoms. The Hall–Kier alpha value is -1.50. The molecule has 3 nitrogen and oxygen atoms in total. The molecule has 3 rings (SSSR count).